The zero-order valence-electron chi connectivity index (χ0n) is 7.23. The number of carbonyl (C=O) groups excluding carboxylic acids is 1. The van der Waals surface area contributed by atoms with Crippen LogP contribution in [0.15, 0.2) is 30.3 Å². The Kier molecular flexibility index (Phi) is 3.28. The van der Waals surface area contributed by atoms with E-state index in [0.717, 1.165) is 5.56 Å². The third-order valence-corrected chi connectivity index (χ3v) is 1.72. The molecule has 0 spiro atoms. The van der Waals surface area contributed by atoms with Gasteiger partial charge in [-0.1, -0.05) is 30.3 Å². The molecule has 70 valence electrons. The Balaban J connectivity index is 2.49. The lowest BCUT2D eigenvalue weighted by atomic mass is 10.1. The highest BCUT2D eigenvalue weighted by Gasteiger charge is 2.04. The minimum Gasteiger partial charge on any atom is -0.352 e. The molecule has 0 aliphatic carbocycles. The lowest BCUT2D eigenvalue weighted by Crippen LogP contribution is -2.35. The highest BCUT2D eigenvalue weighted by atomic mass is 16.2. The zero-order chi connectivity index (χ0) is 9.68. The molecule has 0 aromatic heterocycles. The summed E-state index contributed by atoms with van der Waals surface area (Å²) in [5.41, 5.74) is 11.7. The maximum absolute atomic E-state index is 10.4. The Morgan fingerprint density at radius 2 is 2.00 bits per heavy atom. The van der Waals surface area contributed by atoms with Crippen molar-refractivity contribution in [1.29, 1.82) is 0 Å². The third-order valence-electron chi connectivity index (χ3n) is 1.72. The Morgan fingerprint density at radius 1 is 1.38 bits per heavy atom. The largest absolute Gasteiger partial charge is 0.352 e. The van der Waals surface area contributed by atoms with Crippen LogP contribution in [0.3, 0.4) is 0 Å². The average molecular weight is 179 g/mol. The SMILES string of the molecule is NC(=O)NCC(N)c1ccccc1. The molecular formula is C9H13N3O. The molecule has 1 unspecified atom stereocenters. The maximum Gasteiger partial charge on any atom is 0.312 e. The lowest BCUT2D eigenvalue weighted by Gasteiger charge is -2.11. The third kappa shape index (κ3) is 3.13. The number of nitrogens with one attached hydrogen (secondary N) is 1. The molecule has 1 aromatic carbocycles. The van der Waals surface area contributed by atoms with Gasteiger partial charge in [0.05, 0.1) is 0 Å². The van der Waals surface area contributed by atoms with Gasteiger partial charge >= 0.3 is 6.03 Å². The number of carbonyl (C=O) groups is 1. The zero-order valence-corrected chi connectivity index (χ0v) is 7.23. The predicted molar refractivity (Wildman–Crippen MR) is 51.0 cm³/mol. The number of hydrogen-bond donors (Lipinski definition) is 3. The highest BCUT2D eigenvalue weighted by molar-refractivity contribution is 5.71. The van der Waals surface area contributed by atoms with Crippen LogP contribution in [0, 0.1) is 0 Å². The maximum atomic E-state index is 10.4. The molecule has 0 fully saturated rings. The van der Waals surface area contributed by atoms with Crippen molar-refractivity contribution in [3.63, 3.8) is 0 Å². The Labute approximate surface area is 76.9 Å². The van der Waals surface area contributed by atoms with Gasteiger partial charge in [0.15, 0.2) is 0 Å². The van der Waals surface area contributed by atoms with E-state index in [9.17, 15) is 4.79 Å². The molecule has 1 rings (SSSR count). The topological polar surface area (TPSA) is 81.1 Å². The van der Waals surface area contributed by atoms with Crippen molar-refractivity contribution < 1.29 is 4.79 Å². The van der Waals surface area contributed by atoms with Crippen molar-refractivity contribution in [2.45, 2.75) is 6.04 Å². The smallest absolute Gasteiger partial charge is 0.312 e. The van der Waals surface area contributed by atoms with Gasteiger partial charge in [0.1, 0.15) is 0 Å². The first kappa shape index (κ1) is 9.54. The summed E-state index contributed by atoms with van der Waals surface area (Å²) < 4.78 is 0. The number of hydrogen-bond acceptors (Lipinski definition) is 2. The van der Waals surface area contributed by atoms with E-state index in [1.807, 2.05) is 30.3 Å². The summed E-state index contributed by atoms with van der Waals surface area (Å²) in [6.07, 6.45) is 0. The van der Waals surface area contributed by atoms with E-state index in [-0.39, 0.29) is 6.04 Å². The van der Waals surface area contributed by atoms with Gasteiger partial charge in [0.25, 0.3) is 0 Å². The van der Waals surface area contributed by atoms with Crippen molar-refractivity contribution in [3.05, 3.63) is 35.9 Å². The van der Waals surface area contributed by atoms with E-state index >= 15 is 0 Å². The average Bonchev–Trinajstić information content (AvgIpc) is 2.15. The van der Waals surface area contributed by atoms with Gasteiger partial charge < -0.3 is 16.8 Å². The van der Waals surface area contributed by atoms with Crippen molar-refractivity contribution >= 4 is 6.03 Å². The van der Waals surface area contributed by atoms with Crippen LogP contribution >= 0.6 is 0 Å². The van der Waals surface area contributed by atoms with Crippen molar-refractivity contribution in [3.8, 4) is 0 Å². The number of amides is 2. The molecule has 2 amide bonds. The molecule has 0 radical (unpaired) electrons. The summed E-state index contributed by atoms with van der Waals surface area (Å²) in [6.45, 7) is 0.360. The monoisotopic (exact) mass is 179 g/mol. The van der Waals surface area contributed by atoms with Crippen molar-refractivity contribution in [1.82, 2.24) is 5.32 Å². The predicted octanol–water partition coefficient (Wildman–Crippen LogP) is 0.355. The number of rotatable bonds is 3. The summed E-state index contributed by atoms with van der Waals surface area (Å²) in [4.78, 5) is 10.4. The second kappa shape index (κ2) is 4.47. The summed E-state index contributed by atoms with van der Waals surface area (Å²) in [6, 6.07) is 8.79. The molecule has 0 saturated heterocycles. The fourth-order valence-corrected chi connectivity index (χ4v) is 1.03. The van der Waals surface area contributed by atoms with E-state index in [1.165, 1.54) is 0 Å². The molecule has 1 atom stereocenters. The van der Waals surface area contributed by atoms with Crippen LogP contribution in [0.1, 0.15) is 11.6 Å². The first-order valence-corrected chi connectivity index (χ1v) is 4.04. The van der Waals surface area contributed by atoms with E-state index < -0.39 is 6.03 Å². The van der Waals surface area contributed by atoms with Gasteiger partial charge in [0, 0.05) is 12.6 Å². The number of primary amides is 1. The molecule has 0 bridgehead atoms. The Hall–Kier alpha value is -1.55. The molecule has 0 aliphatic heterocycles. The molecule has 0 saturated carbocycles. The summed E-state index contributed by atoms with van der Waals surface area (Å²) in [5, 5.41) is 2.46. The first-order chi connectivity index (χ1) is 6.20. The van der Waals surface area contributed by atoms with E-state index in [1.54, 1.807) is 0 Å². The van der Waals surface area contributed by atoms with Crippen LogP contribution in [-0.4, -0.2) is 12.6 Å². The Bertz CT molecular complexity index is 273. The van der Waals surface area contributed by atoms with E-state index in [4.69, 9.17) is 11.5 Å². The van der Waals surface area contributed by atoms with Gasteiger partial charge in [-0.2, -0.15) is 0 Å². The van der Waals surface area contributed by atoms with E-state index in [0.29, 0.717) is 6.54 Å². The normalized spacial score (nSPS) is 12.1. The second-order valence-corrected chi connectivity index (χ2v) is 2.76. The minimum absolute atomic E-state index is 0.200. The molecule has 4 heteroatoms. The summed E-state index contributed by atoms with van der Waals surface area (Å²) in [7, 11) is 0. The highest BCUT2D eigenvalue weighted by Crippen LogP contribution is 2.07. The molecule has 0 aliphatic rings. The van der Waals surface area contributed by atoms with Crippen LogP contribution < -0.4 is 16.8 Å². The van der Waals surface area contributed by atoms with Gasteiger partial charge in [-0.15, -0.1) is 0 Å². The summed E-state index contributed by atoms with van der Waals surface area (Å²) >= 11 is 0. The molecular weight excluding hydrogens is 166 g/mol. The molecule has 0 heterocycles. The fourth-order valence-electron chi connectivity index (χ4n) is 1.03. The van der Waals surface area contributed by atoms with Crippen LogP contribution in [0.25, 0.3) is 0 Å². The summed E-state index contributed by atoms with van der Waals surface area (Å²) in [5.74, 6) is 0. The van der Waals surface area contributed by atoms with Crippen molar-refractivity contribution in [2.24, 2.45) is 11.5 Å². The fraction of sp³-hybridized carbons (Fsp3) is 0.222. The second-order valence-electron chi connectivity index (χ2n) is 2.76. The van der Waals surface area contributed by atoms with Crippen molar-refractivity contribution in [2.75, 3.05) is 6.54 Å². The lowest BCUT2D eigenvalue weighted by molar-refractivity contribution is 0.248. The van der Waals surface area contributed by atoms with Crippen LogP contribution in [0.5, 0.6) is 0 Å². The number of nitrogens with two attached hydrogens (primary N) is 2. The van der Waals surface area contributed by atoms with Crippen LogP contribution in [0.4, 0.5) is 4.79 Å². The van der Waals surface area contributed by atoms with Gasteiger partial charge in [0.2, 0.25) is 0 Å². The number of benzene rings is 1. The van der Waals surface area contributed by atoms with Crippen LogP contribution in [0.2, 0.25) is 0 Å². The molecule has 5 N–H and O–H groups in total. The molecule has 4 nitrogen and oxygen atoms in total. The Morgan fingerprint density at radius 3 is 2.54 bits per heavy atom. The molecule has 13 heavy (non-hydrogen) atoms. The van der Waals surface area contributed by atoms with Gasteiger partial charge in [-0.05, 0) is 5.56 Å². The van der Waals surface area contributed by atoms with Crippen LogP contribution in [-0.2, 0) is 0 Å². The minimum atomic E-state index is -0.550. The quantitative estimate of drug-likeness (QED) is 0.626. The van der Waals surface area contributed by atoms with Gasteiger partial charge in [-0.3, -0.25) is 0 Å². The van der Waals surface area contributed by atoms with Gasteiger partial charge in [-0.25, -0.2) is 4.79 Å². The molecule has 1 aromatic rings. The number of urea groups is 1. The van der Waals surface area contributed by atoms with E-state index in [2.05, 4.69) is 5.32 Å². The first-order valence-electron chi connectivity index (χ1n) is 4.04. The standard InChI is InChI=1S/C9H13N3O/c10-8(6-12-9(11)13)7-4-2-1-3-5-7/h1-5,8H,6,10H2,(H3,11,12,13).